The molecule has 0 unspecified atom stereocenters. The van der Waals surface area contributed by atoms with Crippen LogP contribution in [0.15, 0.2) is 82.2 Å². The number of hydrogen-bond acceptors (Lipinski definition) is 10. The average molecular weight is 828 g/mol. The highest BCUT2D eigenvalue weighted by molar-refractivity contribution is 9.10. The van der Waals surface area contributed by atoms with Crippen molar-refractivity contribution in [1.82, 2.24) is 19.4 Å². The van der Waals surface area contributed by atoms with Gasteiger partial charge in [-0.25, -0.2) is 4.98 Å². The molecule has 4 heterocycles. The third kappa shape index (κ3) is 7.96. The summed E-state index contributed by atoms with van der Waals surface area (Å²) in [7, 11) is 3.31. The van der Waals surface area contributed by atoms with Crippen LogP contribution in [0.3, 0.4) is 0 Å². The Labute approximate surface area is 334 Å². The van der Waals surface area contributed by atoms with Crippen LogP contribution in [-0.4, -0.2) is 90.1 Å². The Morgan fingerprint density at radius 1 is 0.673 bits per heavy atom. The monoisotopic (exact) mass is 826 g/mol. The van der Waals surface area contributed by atoms with Crippen LogP contribution in [0.5, 0.6) is 28.7 Å². The predicted molar refractivity (Wildman–Crippen MR) is 219 cm³/mol. The van der Waals surface area contributed by atoms with E-state index in [1.807, 2.05) is 66.7 Å². The van der Waals surface area contributed by atoms with Gasteiger partial charge in [0.05, 0.1) is 31.5 Å². The lowest BCUT2D eigenvalue weighted by Crippen LogP contribution is -2.59. The quantitative estimate of drug-likeness (QED) is 0.123. The van der Waals surface area contributed by atoms with E-state index in [9.17, 15) is 4.79 Å². The summed E-state index contributed by atoms with van der Waals surface area (Å²) in [5.74, 6) is 3.87. The number of hydrogen-bond donors (Lipinski definition) is 0. The molecule has 5 fully saturated rings. The van der Waals surface area contributed by atoms with Crippen molar-refractivity contribution in [2.75, 3.05) is 40.4 Å². The first-order chi connectivity index (χ1) is 26.9. The van der Waals surface area contributed by atoms with Gasteiger partial charge in [0.25, 0.3) is 5.56 Å². The first-order valence-electron chi connectivity index (χ1n) is 19.5. The number of likely N-dealkylation sites (tertiary alicyclic amines) is 2. The Morgan fingerprint density at radius 3 is 1.84 bits per heavy atom. The van der Waals surface area contributed by atoms with E-state index in [0.29, 0.717) is 33.9 Å². The number of methoxy groups -OCH3 is 2. The number of thiazole rings is 1. The number of rotatable bonds is 12. The molecule has 0 spiro atoms. The second-order valence-electron chi connectivity index (χ2n) is 15.3. The minimum absolute atomic E-state index is 0.0965. The van der Waals surface area contributed by atoms with Gasteiger partial charge < -0.3 is 23.7 Å². The molecule has 2 aromatic heterocycles. The van der Waals surface area contributed by atoms with Crippen LogP contribution >= 0.6 is 27.3 Å². The molecule has 5 aliphatic rings. The van der Waals surface area contributed by atoms with Crippen molar-refractivity contribution in [3.8, 4) is 45.0 Å². The number of aromatic nitrogens is 2. The molecule has 0 radical (unpaired) electrons. The number of benzene rings is 3. The van der Waals surface area contributed by atoms with Crippen molar-refractivity contribution >= 4 is 37.5 Å². The van der Waals surface area contributed by atoms with E-state index in [1.165, 1.54) is 49.9 Å². The van der Waals surface area contributed by atoms with E-state index < -0.39 is 0 Å². The molecule has 3 saturated carbocycles. The van der Waals surface area contributed by atoms with Crippen LogP contribution in [0.1, 0.15) is 51.4 Å². The van der Waals surface area contributed by atoms with Gasteiger partial charge in [0.15, 0.2) is 23.0 Å². The lowest BCUT2D eigenvalue weighted by molar-refractivity contribution is -0.0316. The van der Waals surface area contributed by atoms with Crippen LogP contribution in [0.4, 0.5) is 0 Å². The third-order valence-electron chi connectivity index (χ3n) is 11.4. The largest absolute Gasteiger partial charge is 0.493 e. The second kappa shape index (κ2) is 15.8. The molecule has 3 aliphatic carbocycles. The molecule has 5 aromatic rings. The van der Waals surface area contributed by atoms with Gasteiger partial charge in [-0.1, -0.05) is 28.8 Å². The molecule has 0 N–H and O–H groups in total. The SMILES string of the molecule is COc1cc(-n2ccc3nc(-c4ccc(OC5CC5)cc4)sc3c2=O)ccc1OC1CN(C2CCC2)C1.COc1cc(Br)ccc1OC1CN(C2CCC2)C1. The van der Waals surface area contributed by atoms with Gasteiger partial charge in [-0.05, 0) is 99.2 Å². The fourth-order valence-electron chi connectivity index (χ4n) is 7.49. The van der Waals surface area contributed by atoms with E-state index in [0.717, 1.165) is 89.1 Å². The van der Waals surface area contributed by atoms with E-state index in [2.05, 4.69) is 25.7 Å². The van der Waals surface area contributed by atoms with Crippen molar-refractivity contribution in [2.45, 2.75) is 81.8 Å². The first kappa shape index (κ1) is 36.5. The van der Waals surface area contributed by atoms with Gasteiger partial charge in [-0.15, -0.1) is 11.3 Å². The van der Waals surface area contributed by atoms with Crippen molar-refractivity contribution in [3.63, 3.8) is 0 Å². The molecule has 0 atom stereocenters. The summed E-state index contributed by atoms with van der Waals surface area (Å²) >= 11 is 4.85. The van der Waals surface area contributed by atoms with Crippen LogP contribution in [-0.2, 0) is 0 Å². The predicted octanol–water partition coefficient (Wildman–Crippen LogP) is 8.35. The van der Waals surface area contributed by atoms with Crippen LogP contribution in [0.25, 0.3) is 26.5 Å². The van der Waals surface area contributed by atoms with Crippen LogP contribution in [0, 0.1) is 0 Å². The molecule has 10 rings (SSSR count). The molecule has 0 bridgehead atoms. The topological polar surface area (TPSA) is 87.5 Å². The summed E-state index contributed by atoms with van der Waals surface area (Å²) in [6.07, 6.45) is 13.0. The van der Waals surface area contributed by atoms with E-state index in [-0.39, 0.29) is 11.7 Å². The maximum atomic E-state index is 13.4. The maximum absolute atomic E-state index is 13.4. The Hall–Kier alpha value is -4.10. The summed E-state index contributed by atoms with van der Waals surface area (Å²) in [6.45, 7) is 4.05. The summed E-state index contributed by atoms with van der Waals surface area (Å²) in [5, 5.41) is 0.820. The minimum atomic E-state index is -0.0965. The molecular formula is C43H47BrN4O6S. The van der Waals surface area contributed by atoms with Crippen molar-refractivity contribution in [3.05, 3.63) is 87.8 Å². The fourth-order valence-corrected chi connectivity index (χ4v) is 8.83. The zero-order valence-electron chi connectivity index (χ0n) is 31.3. The lowest BCUT2D eigenvalue weighted by Gasteiger charge is -2.47. The van der Waals surface area contributed by atoms with Gasteiger partial charge in [-0.3, -0.25) is 19.2 Å². The number of pyridine rings is 1. The first-order valence-corrected chi connectivity index (χ1v) is 21.1. The maximum Gasteiger partial charge on any atom is 0.274 e. The second-order valence-corrected chi connectivity index (χ2v) is 17.2. The van der Waals surface area contributed by atoms with Crippen molar-refractivity contribution < 1.29 is 23.7 Å². The average Bonchev–Trinajstić information content (AvgIpc) is 3.83. The zero-order valence-corrected chi connectivity index (χ0v) is 33.7. The van der Waals surface area contributed by atoms with Gasteiger partial charge in [0.1, 0.15) is 27.7 Å². The van der Waals surface area contributed by atoms with Crippen molar-refractivity contribution in [1.29, 1.82) is 0 Å². The van der Waals surface area contributed by atoms with Gasteiger partial charge in [0.2, 0.25) is 0 Å². The summed E-state index contributed by atoms with van der Waals surface area (Å²) in [5.41, 5.74) is 2.32. The summed E-state index contributed by atoms with van der Waals surface area (Å²) in [4.78, 5) is 23.2. The Bertz CT molecular complexity index is 2190. The number of fused-ring (bicyclic) bond motifs is 1. The molecule has 2 saturated heterocycles. The van der Waals surface area contributed by atoms with Gasteiger partial charge in [0, 0.05) is 60.6 Å². The van der Waals surface area contributed by atoms with Gasteiger partial charge >= 0.3 is 0 Å². The molecular weight excluding hydrogens is 780 g/mol. The van der Waals surface area contributed by atoms with E-state index in [1.54, 1.807) is 25.0 Å². The normalized spacial score (nSPS) is 19.3. The van der Waals surface area contributed by atoms with E-state index in [4.69, 9.17) is 28.7 Å². The fraction of sp³-hybridized carbons (Fsp3) is 0.442. The van der Waals surface area contributed by atoms with E-state index >= 15 is 0 Å². The highest BCUT2D eigenvalue weighted by atomic mass is 79.9. The number of halogens is 1. The highest BCUT2D eigenvalue weighted by Crippen LogP contribution is 2.37. The Morgan fingerprint density at radius 2 is 1.27 bits per heavy atom. The smallest absolute Gasteiger partial charge is 0.274 e. The standard InChI is InChI=1S/C29H29N3O4S.C14H18BrNO2/c1-34-26-15-20(7-12-25(26)36-23-16-31(17-23)19-3-2-4-19)32-14-13-24-27(29(32)33)37-28(30-24)18-5-8-21(9-6-18)35-22-10-11-22;1-17-14-7-10(15)5-6-13(14)18-12-8-16(9-12)11-3-2-4-11/h5-9,12-15,19,22-23H,2-4,10-11,16-17H2,1H3;5-7,11-12H,2-4,8-9H2,1H3. The molecule has 288 valence electrons. The third-order valence-corrected chi connectivity index (χ3v) is 13.1. The lowest BCUT2D eigenvalue weighted by atomic mass is 9.89. The zero-order chi connectivity index (χ0) is 37.5. The molecule has 2 aliphatic heterocycles. The Balaban J connectivity index is 0.000000185. The Kier molecular flexibility index (Phi) is 10.5. The molecule has 55 heavy (non-hydrogen) atoms. The highest BCUT2D eigenvalue weighted by Gasteiger charge is 2.37. The summed E-state index contributed by atoms with van der Waals surface area (Å²) in [6, 6.07) is 23.0. The molecule has 10 nitrogen and oxygen atoms in total. The number of ether oxygens (including phenoxy) is 5. The van der Waals surface area contributed by atoms with Crippen LogP contribution in [0.2, 0.25) is 0 Å². The van der Waals surface area contributed by atoms with Crippen LogP contribution < -0.4 is 29.2 Å². The summed E-state index contributed by atoms with van der Waals surface area (Å²) < 4.78 is 32.3. The number of nitrogens with zero attached hydrogens (tertiary/aromatic N) is 4. The minimum Gasteiger partial charge on any atom is -0.493 e. The van der Waals surface area contributed by atoms with Gasteiger partial charge in [-0.2, -0.15) is 0 Å². The van der Waals surface area contributed by atoms with Crippen molar-refractivity contribution in [2.24, 2.45) is 0 Å². The molecule has 0 amide bonds. The molecule has 12 heteroatoms. The molecule has 3 aromatic carbocycles.